The summed E-state index contributed by atoms with van der Waals surface area (Å²) >= 11 is 5.87. The van der Waals surface area contributed by atoms with Crippen LogP contribution in [0.1, 0.15) is 16.1 Å². The molecule has 2 aromatic rings. The zero-order valence-electron chi connectivity index (χ0n) is 14.6. The molecule has 0 radical (unpaired) electrons. The van der Waals surface area contributed by atoms with Crippen molar-refractivity contribution in [2.24, 2.45) is 0 Å². The Balaban J connectivity index is 2.70. The van der Waals surface area contributed by atoms with E-state index in [2.05, 4.69) is 24.6 Å². The second kappa shape index (κ2) is 7.37. The first kappa shape index (κ1) is 19.1. The smallest absolute Gasteiger partial charge is 0.357 e. The molecule has 0 atom stereocenters. The zero-order valence-corrected chi connectivity index (χ0v) is 16.3. The Morgan fingerprint density at radius 3 is 2.40 bits per heavy atom. The Bertz CT molecular complexity index is 830. The zero-order chi connectivity index (χ0) is 18.8. The number of nitrogens with two attached hydrogens (primary N) is 1. The first-order valence-corrected chi connectivity index (χ1v) is 11.6. The normalized spacial score (nSPS) is 11.8. The summed E-state index contributed by atoms with van der Waals surface area (Å²) in [7, 11) is -0.338. The molecule has 132 valence electrons. The van der Waals surface area contributed by atoms with E-state index in [-0.39, 0.29) is 22.6 Å². The van der Waals surface area contributed by atoms with Gasteiger partial charge in [-0.25, -0.2) is 14.2 Å². The number of hydrogen-bond donors (Lipinski definition) is 1. The van der Waals surface area contributed by atoms with Crippen molar-refractivity contribution in [3.05, 3.63) is 52.1 Å². The summed E-state index contributed by atoms with van der Waals surface area (Å²) in [6.45, 7) is 6.34. The summed E-state index contributed by atoms with van der Waals surface area (Å²) < 4.78 is 19.6. The topological polar surface area (TPSA) is 65.2 Å². The van der Waals surface area contributed by atoms with Crippen molar-refractivity contribution >= 4 is 37.4 Å². The van der Waals surface area contributed by atoms with Crippen molar-refractivity contribution < 1.29 is 13.9 Å². The first-order chi connectivity index (χ1) is 11.6. The van der Waals surface area contributed by atoms with Crippen molar-refractivity contribution in [2.75, 3.05) is 12.8 Å². The van der Waals surface area contributed by atoms with Gasteiger partial charge in [0.25, 0.3) is 0 Å². The third kappa shape index (κ3) is 4.46. The third-order valence-corrected chi connectivity index (χ3v) is 4.88. The molecule has 0 aliphatic carbocycles. The molecule has 1 heterocycles. The highest BCUT2D eigenvalue weighted by molar-refractivity contribution is 6.81. The fourth-order valence-electron chi connectivity index (χ4n) is 2.15. The van der Waals surface area contributed by atoms with E-state index in [9.17, 15) is 9.18 Å². The molecule has 0 aliphatic rings. The van der Waals surface area contributed by atoms with Gasteiger partial charge >= 0.3 is 5.97 Å². The molecular formula is C18H20ClFN2O2Si. The molecule has 25 heavy (non-hydrogen) atoms. The Morgan fingerprint density at radius 2 is 1.88 bits per heavy atom. The summed E-state index contributed by atoms with van der Waals surface area (Å²) in [5, 5.41) is 0.514. The maximum atomic E-state index is 14.8. The van der Waals surface area contributed by atoms with Crippen LogP contribution in [0, 0.1) is 5.82 Å². The standard InChI is InChI=1S/C18H20ClFN2O2Si/c1-24-18(23)17-13(9-10-25(2,3)4)15(21)14(20)16(22-17)11-5-7-12(19)8-6-11/h5-10H,1-4H3,(H2,21,22)/b10-9+. The van der Waals surface area contributed by atoms with Gasteiger partial charge in [0, 0.05) is 16.1 Å². The highest BCUT2D eigenvalue weighted by Gasteiger charge is 2.23. The van der Waals surface area contributed by atoms with E-state index >= 15 is 0 Å². The summed E-state index contributed by atoms with van der Waals surface area (Å²) in [6.07, 6.45) is 1.66. The van der Waals surface area contributed by atoms with Crippen LogP contribution in [0.2, 0.25) is 24.7 Å². The lowest BCUT2D eigenvalue weighted by molar-refractivity contribution is 0.0594. The summed E-state index contributed by atoms with van der Waals surface area (Å²) in [5.74, 6) is -1.35. The van der Waals surface area contributed by atoms with Gasteiger partial charge in [0.1, 0.15) is 5.69 Å². The molecule has 0 fully saturated rings. The number of methoxy groups -OCH3 is 1. The molecule has 0 unspecified atom stereocenters. The van der Waals surface area contributed by atoms with Crippen LogP contribution in [-0.4, -0.2) is 26.1 Å². The number of pyridine rings is 1. The molecule has 0 aliphatic heterocycles. The van der Waals surface area contributed by atoms with Gasteiger partial charge < -0.3 is 10.5 Å². The van der Waals surface area contributed by atoms with Gasteiger partial charge in [-0.2, -0.15) is 0 Å². The number of aromatic nitrogens is 1. The molecule has 0 amide bonds. The lowest BCUT2D eigenvalue weighted by Gasteiger charge is -2.14. The van der Waals surface area contributed by atoms with E-state index in [0.29, 0.717) is 10.6 Å². The quantitative estimate of drug-likeness (QED) is 0.613. The molecule has 1 aromatic heterocycles. The van der Waals surface area contributed by atoms with E-state index in [1.165, 1.54) is 7.11 Å². The number of ether oxygens (including phenoxy) is 1. The average Bonchev–Trinajstić information content (AvgIpc) is 2.55. The molecule has 0 spiro atoms. The van der Waals surface area contributed by atoms with E-state index in [0.717, 1.165) is 0 Å². The predicted molar refractivity (Wildman–Crippen MR) is 103 cm³/mol. The van der Waals surface area contributed by atoms with Gasteiger partial charge in [0.15, 0.2) is 11.5 Å². The lowest BCUT2D eigenvalue weighted by atomic mass is 10.1. The number of carbonyl (C=O) groups is 1. The van der Waals surface area contributed by atoms with E-state index < -0.39 is 19.9 Å². The van der Waals surface area contributed by atoms with Crippen LogP contribution in [0.15, 0.2) is 30.0 Å². The predicted octanol–water partition coefficient (Wildman–Crippen LogP) is 4.80. The van der Waals surface area contributed by atoms with Gasteiger partial charge in [0.05, 0.1) is 20.9 Å². The number of halogens is 2. The van der Waals surface area contributed by atoms with Gasteiger partial charge in [0.2, 0.25) is 0 Å². The number of carbonyl (C=O) groups excluding carboxylic acids is 1. The van der Waals surface area contributed by atoms with Crippen molar-refractivity contribution in [1.82, 2.24) is 4.98 Å². The molecule has 0 saturated heterocycles. The first-order valence-electron chi connectivity index (χ1n) is 7.66. The van der Waals surface area contributed by atoms with E-state index in [4.69, 9.17) is 22.1 Å². The molecule has 7 heteroatoms. The number of benzene rings is 1. The maximum Gasteiger partial charge on any atom is 0.357 e. The van der Waals surface area contributed by atoms with Crippen LogP contribution in [0.4, 0.5) is 10.1 Å². The molecule has 2 N–H and O–H groups in total. The number of anilines is 1. The van der Waals surface area contributed by atoms with Crippen LogP contribution in [0.3, 0.4) is 0 Å². The Kier molecular flexibility index (Phi) is 5.64. The number of nitrogen functional groups attached to an aromatic ring is 1. The highest BCUT2D eigenvalue weighted by Crippen LogP contribution is 2.31. The number of nitrogens with zero attached hydrogens (tertiary/aromatic N) is 1. The van der Waals surface area contributed by atoms with Crippen molar-refractivity contribution in [2.45, 2.75) is 19.6 Å². The molecule has 0 saturated carbocycles. The fourth-order valence-corrected chi connectivity index (χ4v) is 2.94. The molecular weight excluding hydrogens is 359 g/mol. The lowest BCUT2D eigenvalue weighted by Crippen LogP contribution is -2.16. The fraction of sp³-hybridized carbons (Fsp3) is 0.222. The van der Waals surface area contributed by atoms with Crippen LogP contribution < -0.4 is 5.73 Å². The third-order valence-electron chi connectivity index (χ3n) is 3.46. The van der Waals surface area contributed by atoms with E-state index in [1.54, 1.807) is 30.3 Å². The Morgan fingerprint density at radius 1 is 1.28 bits per heavy atom. The second-order valence-corrected chi connectivity index (χ2v) is 12.2. The van der Waals surface area contributed by atoms with E-state index in [1.807, 2.05) is 5.70 Å². The minimum Gasteiger partial charge on any atom is -0.464 e. The summed E-state index contributed by atoms with van der Waals surface area (Å²) in [5.41, 5.74) is 8.51. The molecule has 4 nitrogen and oxygen atoms in total. The summed E-state index contributed by atoms with van der Waals surface area (Å²) in [6, 6.07) is 6.47. The Hall–Kier alpha value is -2.18. The maximum absolute atomic E-state index is 14.8. The number of esters is 1. The SMILES string of the molecule is COC(=O)c1nc(-c2ccc(Cl)cc2)c(F)c(N)c1/C=C/[Si](C)(C)C. The minimum absolute atomic E-state index is 0.0131. The molecule has 2 rings (SSSR count). The van der Waals surface area contributed by atoms with Gasteiger partial charge in [-0.15, -0.1) is 0 Å². The van der Waals surface area contributed by atoms with Gasteiger partial charge in [-0.05, 0) is 12.1 Å². The van der Waals surface area contributed by atoms with Crippen LogP contribution in [0.5, 0.6) is 0 Å². The Labute approximate surface area is 152 Å². The average molecular weight is 379 g/mol. The van der Waals surface area contributed by atoms with Crippen LogP contribution in [0.25, 0.3) is 17.3 Å². The monoisotopic (exact) mass is 378 g/mol. The van der Waals surface area contributed by atoms with Crippen LogP contribution in [-0.2, 0) is 4.74 Å². The van der Waals surface area contributed by atoms with Gasteiger partial charge in [-0.1, -0.05) is 55.2 Å². The van der Waals surface area contributed by atoms with Crippen molar-refractivity contribution in [3.8, 4) is 11.3 Å². The van der Waals surface area contributed by atoms with Crippen molar-refractivity contribution in [1.29, 1.82) is 0 Å². The summed E-state index contributed by atoms with van der Waals surface area (Å²) in [4.78, 5) is 16.3. The highest BCUT2D eigenvalue weighted by atomic mass is 35.5. The van der Waals surface area contributed by atoms with Gasteiger partial charge in [-0.3, -0.25) is 0 Å². The number of rotatable bonds is 4. The van der Waals surface area contributed by atoms with Crippen LogP contribution >= 0.6 is 11.6 Å². The van der Waals surface area contributed by atoms with Crippen molar-refractivity contribution in [3.63, 3.8) is 0 Å². The number of hydrogen-bond acceptors (Lipinski definition) is 4. The largest absolute Gasteiger partial charge is 0.464 e. The second-order valence-electron chi connectivity index (χ2n) is 6.65. The molecule has 1 aromatic carbocycles. The minimum atomic E-state index is -1.59. The molecule has 0 bridgehead atoms.